The van der Waals surface area contributed by atoms with Crippen LogP contribution in [0.2, 0.25) is 0 Å². The van der Waals surface area contributed by atoms with Crippen LogP contribution >= 0.6 is 15.9 Å². The molecule has 2 aromatic rings. The van der Waals surface area contributed by atoms with Crippen LogP contribution in [0.1, 0.15) is 21.7 Å². The van der Waals surface area contributed by atoms with Crippen LogP contribution in [0.3, 0.4) is 0 Å². The highest BCUT2D eigenvalue weighted by molar-refractivity contribution is 9.10. The molecular weight excluding hydrogens is 368 g/mol. The van der Waals surface area contributed by atoms with E-state index in [0.29, 0.717) is 21.5 Å². The van der Waals surface area contributed by atoms with E-state index >= 15 is 0 Å². The van der Waals surface area contributed by atoms with Crippen molar-refractivity contribution >= 4 is 27.8 Å². The minimum atomic E-state index is -0.873. The van der Waals surface area contributed by atoms with Crippen molar-refractivity contribution in [3.05, 3.63) is 56.1 Å². The number of carbonyl (C=O) groups excluding carboxylic acids is 1. The summed E-state index contributed by atoms with van der Waals surface area (Å²) in [5.74, 6) is 0.348. The number of fused-ring (bicyclic) bond motifs is 1. The third-order valence-electron chi connectivity index (χ3n) is 3.21. The minimum Gasteiger partial charge on any atom is -0.507 e. The fourth-order valence-electron chi connectivity index (χ4n) is 2.13. The summed E-state index contributed by atoms with van der Waals surface area (Å²) in [5, 5.41) is 9.76. The van der Waals surface area contributed by atoms with E-state index in [1.165, 1.54) is 25.1 Å². The average molecular weight is 379 g/mol. The Morgan fingerprint density at radius 1 is 1.26 bits per heavy atom. The molecule has 0 spiro atoms. The van der Waals surface area contributed by atoms with E-state index in [2.05, 4.69) is 15.9 Å². The van der Waals surface area contributed by atoms with E-state index in [1.807, 2.05) is 0 Å². The summed E-state index contributed by atoms with van der Waals surface area (Å²) in [6.07, 6.45) is 2.69. The number of carbonyl (C=O) groups is 1. The van der Waals surface area contributed by atoms with Gasteiger partial charge in [0.15, 0.2) is 17.3 Å². The Hall–Kier alpha value is -2.54. The Morgan fingerprint density at radius 2 is 1.96 bits per heavy atom. The van der Waals surface area contributed by atoms with Crippen molar-refractivity contribution in [2.24, 2.45) is 0 Å². The quantitative estimate of drug-likeness (QED) is 0.652. The number of hydrogen-bond acceptors (Lipinski definition) is 6. The standard InChI is InChI=1S/C16H11BrO6/c1-8-4-12(19)15(16(20)23-8)11(18)3-2-9-5-13-14(6-10(9)17)22-7-21-13/h2-6,19H,7H2,1H3/b3-2+. The van der Waals surface area contributed by atoms with Gasteiger partial charge in [-0.3, -0.25) is 4.79 Å². The molecule has 2 heterocycles. The van der Waals surface area contributed by atoms with Gasteiger partial charge in [-0.25, -0.2) is 4.79 Å². The third-order valence-corrected chi connectivity index (χ3v) is 3.89. The van der Waals surface area contributed by atoms with E-state index in [1.54, 1.807) is 12.1 Å². The van der Waals surface area contributed by atoms with Crippen molar-refractivity contribution in [2.45, 2.75) is 6.92 Å². The lowest BCUT2D eigenvalue weighted by Crippen LogP contribution is -2.12. The first-order valence-corrected chi connectivity index (χ1v) is 7.40. The normalized spacial score (nSPS) is 12.8. The molecule has 1 aromatic heterocycles. The van der Waals surface area contributed by atoms with E-state index in [0.717, 1.165) is 0 Å². The molecule has 1 aliphatic rings. The zero-order chi connectivity index (χ0) is 16.6. The predicted molar refractivity (Wildman–Crippen MR) is 85.0 cm³/mol. The zero-order valence-corrected chi connectivity index (χ0v) is 13.5. The van der Waals surface area contributed by atoms with Gasteiger partial charge >= 0.3 is 5.63 Å². The van der Waals surface area contributed by atoms with Crippen LogP contribution in [0.15, 0.2) is 38.0 Å². The van der Waals surface area contributed by atoms with Crippen LogP contribution in [0.25, 0.3) is 6.08 Å². The van der Waals surface area contributed by atoms with Gasteiger partial charge in [0.25, 0.3) is 0 Å². The zero-order valence-electron chi connectivity index (χ0n) is 12.0. The van der Waals surface area contributed by atoms with Gasteiger partial charge in [-0.15, -0.1) is 0 Å². The maximum atomic E-state index is 12.1. The summed E-state index contributed by atoms with van der Waals surface area (Å²) in [5.41, 5.74) is -0.607. The summed E-state index contributed by atoms with van der Waals surface area (Å²) >= 11 is 3.37. The van der Waals surface area contributed by atoms with E-state index in [4.69, 9.17) is 13.9 Å². The van der Waals surface area contributed by atoms with Gasteiger partial charge < -0.3 is 19.0 Å². The molecule has 0 saturated heterocycles. The summed E-state index contributed by atoms with van der Waals surface area (Å²) in [7, 11) is 0. The van der Waals surface area contributed by atoms with Gasteiger partial charge in [0.05, 0.1) is 0 Å². The summed E-state index contributed by atoms with van der Waals surface area (Å²) in [6, 6.07) is 4.65. The van der Waals surface area contributed by atoms with Gasteiger partial charge in [0.1, 0.15) is 17.1 Å². The largest absolute Gasteiger partial charge is 0.507 e. The van der Waals surface area contributed by atoms with E-state index in [9.17, 15) is 14.7 Å². The van der Waals surface area contributed by atoms with Gasteiger partial charge in [-0.05, 0) is 36.8 Å². The minimum absolute atomic E-state index is 0.145. The molecule has 7 heteroatoms. The number of ether oxygens (including phenoxy) is 2. The molecule has 0 fully saturated rings. The van der Waals surface area contributed by atoms with Crippen LogP contribution in [0.5, 0.6) is 17.2 Å². The Kier molecular flexibility index (Phi) is 3.96. The smallest absolute Gasteiger partial charge is 0.351 e. The van der Waals surface area contributed by atoms with Crippen molar-refractivity contribution in [3.8, 4) is 17.2 Å². The van der Waals surface area contributed by atoms with Crippen molar-refractivity contribution < 1.29 is 23.8 Å². The molecule has 0 saturated carbocycles. The molecule has 1 aromatic carbocycles. The number of hydrogen-bond donors (Lipinski definition) is 1. The fourth-order valence-corrected chi connectivity index (χ4v) is 2.59. The number of halogens is 1. The molecule has 1 aliphatic heterocycles. The maximum Gasteiger partial charge on any atom is 0.351 e. The average Bonchev–Trinajstić information content (AvgIpc) is 2.90. The van der Waals surface area contributed by atoms with E-state index in [-0.39, 0.29) is 12.6 Å². The SMILES string of the molecule is Cc1cc(O)c(C(=O)/C=C/c2cc3c(cc2Br)OCO3)c(=O)o1. The van der Waals surface area contributed by atoms with Crippen LogP contribution in [-0.2, 0) is 0 Å². The van der Waals surface area contributed by atoms with Gasteiger partial charge in [-0.2, -0.15) is 0 Å². The lowest BCUT2D eigenvalue weighted by Gasteiger charge is -2.02. The first-order valence-electron chi connectivity index (χ1n) is 6.61. The van der Waals surface area contributed by atoms with E-state index < -0.39 is 22.7 Å². The van der Waals surface area contributed by atoms with Crippen LogP contribution in [0.4, 0.5) is 0 Å². The Labute approximate surface area is 139 Å². The summed E-state index contributed by atoms with van der Waals surface area (Å²) in [4.78, 5) is 23.8. The molecular formula is C16H11BrO6. The molecule has 0 radical (unpaired) electrons. The molecule has 3 rings (SSSR count). The van der Waals surface area contributed by atoms with Crippen molar-refractivity contribution in [1.82, 2.24) is 0 Å². The molecule has 0 atom stereocenters. The van der Waals surface area contributed by atoms with Crippen molar-refractivity contribution in [3.63, 3.8) is 0 Å². The molecule has 1 N–H and O–H groups in total. The van der Waals surface area contributed by atoms with Crippen molar-refractivity contribution in [1.29, 1.82) is 0 Å². The topological polar surface area (TPSA) is 86.0 Å². The second-order valence-corrected chi connectivity index (χ2v) is 5.68. The van der Waals surface area contributed by atoms with Crippen LogP contribution in [-0.4, -0.2) is 17.7 Å². The number of rotatable bonds is 3. The van der Waals surface area contributed by atoms with Gasteiger partial charge in [0.2, 0.25) is 6.79 Å². The molecule has 0 amide bonds. The van der Waals surface area contributed by atoms with Crippen molar-refractivity contribution in [2.75, 3.05) is 6.79 Å². The lowest BCUT2D eigenvalue weighted by atomic mass is 10.1. The number of aryl methyl sites for hydroxylation is 1. The maximum absolute atomic E-state index is 12.1. The van der Waals surface area contributed by atoms with Gasteiger partial charge in [-0.1, -0.05) is 15.9 Å². The predicted octanol–water partition coefficient (Wildman–Crippen LogP) is 3.04. The third kappa shape index (κ3) is 3.00. The molecule has 23 heavy (non-hydrogen) atoms. The Balaban J connectivity index is 1.92. The molecule has 0 bridgehead atoms. The Morgan fingerprint density at radius 3 is 2.65 bits per heavy atom. The highest BCUT2D eigenvalue weighted by Gasteiger charge is 2.17. The number of aromatic hydroxyl groups is 1. The molecule has 0 aliphatic carbocycles. The lowest BCUT2D eigenvalue weighted by molar-refractivity contribution is 0.104. The number of benzene rings is 1. The number of allylic oxidation sites excluding steroid dienone is 1. The highest BCUT2D eigenvalue weighted by atomic mass is 79.9. The monoisotopic (exact) mass is 378 g/mol. The Bertz CT molecular complexity index is 881. The highest BCUT2D eigenvalue weighted by Crippen LogP contribution is 2.37. The van der Waals surface area contributed by atoms with Crippen LogP contribution in [0, 0.1) is 6.92 Å². The molecule has 118 valence electrons. The summed E-state index contributed by atoms with van der Waals surface area (Å²) < 4.78 is 16.0. The van der Waals surface area contributed by atoms with Gasteiger partial charge in [0, 0.05) is 10.5 Å². The fraction of sp³-hybridized carbons (Fsp3) is 0.125. The molecule has 0 unspecified atom stereocenters. The second kappa shape index (κ2) is 5.92. The first kappa shape index (κ1) is 15.4. The summed E-state index contributed by atoms with van der Waals surface area (Å²) in [6.45, 7) is 1.65. The second-order valence-electron chi connectivity index (χ2n) is 4.83. The van der Waals surface area contributed by atoms with Crippen LogP contribution < -0.4 is 15.1 Å². The first-order chi connectivity index (χ1) is 11.0. The number of ketones is 1. The molecule has 6 nitrogen and oxygen atoms in total.